The fourth-order valence-electron chi connectivity index (χ4n) is 1.76. The number of halogens is 1. The van der Waals surface area contributed by atoms with E-state index in [1.165, 1.54) is 0 Å². The van der Waals surface area contributed by atoms with Crippen molar-refractivity contribution >= 4 is 27.3 Å². The van der Waals surface area contributed by atoms with Gasteiger partial charge in [0, 0.05) is 11.6 Å². The summed E-state index contributed by atoms with van der Waals surface area (Å²) in [6.07, 6.45) is -0.157. The van der Waals surface area contributed by atoms with Crippen LogP contribution in [0.5, 0.6) is 11.5 Å². The minimum Gasteiger partial charge on any atom is -0.497 e. The fourth-order valence-corrected chi connectivity index (χ4v) is 2.89. The number of ether oxygens (including phenoxy) is 2. The molecule has 0 aliphatic carbocycles. The predicted molar refractivity (Wildman–Crippen MR) is 82.0 cm³/mol. The second kappa shape index (κ2) is 6.41. The molecule has 3 nitrogen and oxygen atoms in total. The molecule has 0 fully saturated rings. The van der Waals surface area contributed by atoms with Crippen LogP contribution in [-0.4, -0.2) is 13.2 Å². The number of methoxy groups -OCH3 is 1. The molecule has 1 heterocycles. The van der Waals surface area contributed by atoms with Crippen molar-refractivity contribution in [3.63, 3.8) is 0 Å². The normalized spacial score (nSPS) is 13.9. The molecule has 0 radical (unpaired) electrons. The van der Waals surface area contributed by atoms with E-state index in [-0.39, 0.29) is 12.1 Å². The highest BCUT2D eigenvalue weighted by Gasteiger charge is 2.19. The number of benzene rings is 1. The lowest BCUT2D eigenvalue weighted by Gasteiger charge is -2.22. The van der Waals surface area contributed by atoms with E-state index >= 15 is 0 Å². The molecule has 0 bridgehead atoms. The lowest BCUT2D eigenvalue weighted by atomic mass is 10.1. The van der Waals surface area contributed by atoms with E-state index < -0.39 is 0 Å². The van der Waals surface area contributed by atoms with E-state index in [0.717, 1.165) is 21.5 Å². The van der Waals surface area contributed by atoms with Crippen molar-refractivity contribution in [2.75, 3.05) is 7.11 Å². The summed E-state index contributed by atoms with van der Waals surface area (Å²) in [5.41, 5.74) is 7.12. The molecule has 5 heteroatoms. The maximum absolute atomic E-state index is 6.03. The molecule has 2 unspecified atom stereocenters. The van der Waals surface area contributed by atoms with E-state index in [1.54, 1.807) is 18.4 Å². The number of thiophene rings is 1. The minimum atomic E-state index is -0.157. The second-order valence-corrected chi connectivity index (χ2v) is 5.88. The number of hydrogen-bond acceptors (Lipinski definition) is 4. The topological polar surface area (TPSA) is 44.5 Å². The summed E-state index contributed by atoms with van der Waals surface area (Å²) in [6, 6.07) is 7.57. The van der Waals surface area contributed by atoms with Gasteiger partial charge in [0.1, 0.15) is 17.6 Å². The van der Waals surface area contributed by atoms with Gasteiger partial charge in [-0.1, -0.05) is 0 Å². The molecule has 2 aromatic rings. The van der Waals surface area contributed by atoms with Crippen molar-refractivity contribution in [3.05, 3.63) is 45.1 Å². The molecule has 2 atom stereocenters. The van der Waals surface area contributed by atoms with Crippen LogP contribution in [-0.2, 0) is 0 Å². The highest BCUT2D eigenvalue weighted by molar-refractivity contribution is 9.10. The van der Waals surface area contributed by atoms with Crippen molar-refractivity contribution in [2.24, 2.45) is 5.73 Å². The summed E-state index contributed by atoms with van der Waals surface area (Å²) >= 11 is 5.12. The third-order valence-electron chi connectivity index (χ3n) is 2.74. The Bertz CT molecular complexity index is 528. The number of hydrogen-bond donors (Lipinski definition) is 1. The molecule has 0 saturated heterocycles. The smallest absolute Gasteiger partial charge is 0.139 e. The summed E-state index contributed by atoms with van der Waals surface area (Å²) < 4.78 is 12.1. The van der Waals surface area contributed by atoms with E-state index in [1.807, 2.05) is 36.6 Å². The average Bonchev–Trinajstić information content (AvgIpc) is 2.90. The largest absolute Gasteiger partial charge is 0.497 e. The average molecular weight is 342 g/mol. The first-order valence-electron chi connectivity index (χ1n) is 5.89. The van der Waals surface area contributed by atoms with Crippen molar-refractivity contribution in [2.45, 2.75) is 19.1 Å². The molecule has 0 amide bonds. The van der Waals surface area contributed by atoms with Crippen LogP contribution < -0.4 is 15.2 Å². The molecule has 2 rings (SSSR count). The Balaban J connectivity index is 2.23. The Morgan fingerprint density at radius 1 is 1.32 bits per heavy atom. The number of rotatable bonds is 5. The summed E-state index contributed by atoms with van der Waals surface area (Å²) in [6.45, 7) is 1.94. The van der Waals surface area contributed by atoms with Crippen molar-refractivity contribution < 1.29 is 9.47 Å². The van der Waals surface area contributed by atoms with Crippen LogP contribution in [0.15, 0.2) is 39.5 Å². The molecule has 102 valence electrons. The lowest BCUT2D eigenvalue weighted by Crippen LogP contribution is -2.28. The Kier molecular flexibility index (Phi) is 4.85. The zero-order chi connectivity index (χ0) is 13.8. The Labute approximate surface area is 125 Å². The standard InChI is InChI=1S/C14H16BrNO2S/c1-9(16)14(10-5-6-19-8-10)18-13-4-3-11(17-2)7-12(13)15/h3-9,14H,16H2,1-2H3. The molecule has 1 aromatic carbocycles. The molecular formula is C14H16BrNO2S. The van der Waals surface area contributed by atoms with Crippen molar-refractivity contribution in [1.29, 1.82) is 0 Å². The van der Waals surface area contributed by atoms with Gasteiger partial charge in [-0.2, -0.15) is 11.3 Å². The summed E-state index contributed by atoms with van der Waals surface area (Å²) in [4.78, 5) is 0. The Hall–Kier alpha value is -1.04. The first-order valence-corrected chi connectivity index (χ1v) is 7.63. The second-order valence-electron chi connectivity index (χ2n) is 4.25. The minimum absolute atomic E-state index is 0.0939. The maximum Gasteiger partial charge on any atom is 0.139 e. The first kappa shape index (κ1) is 14.4. The quantitative estimate of drug-likeness (QED) is 0.894. The van der Waals surface area contributed by atoms with Crippen LogP contribution in [0.4, 0.5) is 0 Å². The SMILES string of the molecule is COc1ccc(OC(c2ccsc2)C(C)N)c(Br)c1. The van der Waals surface area contributed by atoms with Crippen LogP contribution >= 0.6 is 27.3 Å². The third-order valence-corrected chi connectivity index (χ3v) is 4.06. The van der Waals surface area contributed by atoms with Gasteiger partial charge in [0.15, 0.2) is 0 Å². The molecule has 0 saturated carbocycles. The Morgan fingerprint density at radius 2 is 2.11 bits per heavy atom. The van der Waals surface area contributed by atoms with Gasteiger partial charge in [-0.15, -0.1) is 0 Å². The van der Waals surface area contributed by atoms with Gasteiger partial charge in [0.05, 0.1) is 11.6 Å². The van der Waals surface area contributed by atoms with Crippen LogP contribution in [0.1, 0.15) is 18.6 Å². The van der Waals surface area contributed by atoms with Gasteiger partial charge in [0.2, 0.25) is 0 Å². The van der Waals surface area contributed by atoms with E-state index in [4.69, 9.17) is 15.2 Å². The number of nitrogens with two attached hydrogens (primary N) is 1. The zero-order valence-electron chi connectivity index (χ0n) is 10.8. The van der Waals surface area contributed by atoms with Gasteiger partial charge in [-0.3, -0.25) is 0 Å². The van der Waals surface area contributed by atoms with Crippen molar-refractivity contribution in [1.82, 2.24) is 0 Å². The fraction of sp³-hybridized carbons (Fsp3) is 0.286. The lowest BCUT2D eigenvalue weighted by molar-refractivity contribution is 0.179. The molecule has 19 heavy (non-hydrogen) atoms. The third kappa shape index (κ3) is 3.49. The molecule has 0 aliphatic rings. The summed E-state index contributed by atoms with van der Waals surface area (Å²) in [5.74, 6) is 1.54. The summed E-state index contributed by atoms with van der Waals surface area (Å²) in [7, 11) is 1.64. The van der Waals surface area contributed by atoms with Crippen LogP contribution in [0.3, 0.4) is 0 Å². The van der Waals surface area contributed by atoms with E-state index in [0.29, 0.717) is 0 Å². The zero-order valence-corrected chi connectivity index (χ0v) is 13.2. The molecule has 2 N–H and O–H groups in total. The monoisotopic (exact) mass is 341 g/mol. The van der Waals surface area contributed by atoms with Gasteiger partial charge in [-0.05, 0) is 57.9 Å². The predicted octanol–water partition coefficient (Wildman–Crippen LogP) is 3.99. The van der Waals surface area contributed by atoms with E-state index in [9.17, 15) is 0 Å². The highest BCUT2D eigenvalue weighted by atomic mass is 79.9. The highest BCUT2D eigenvalue weighted by Crippen LogP contribution is 2.33. The maximum atomic E-state index is 6.03. The van der Waals surface area contributed by atoms with E-state index in [2.05, 4.69) is 21.3 Å². The van der Waals surface area contributed by atoms with Crippen molar-refractivity contribution in [3.8, 4) is 11.5 Å². The van der Waals surface area contributed by atoms with Crippen LogP contribution in [0.2, 0.25) is 0 Å². The first-order chi connectivity index (χ1) is 9.11. The Morgan fingerprint density at radius 3 is 2.63 bits per heavy atom. The summed E-state index contributed by atoms with van der Waals surface area (Å²) in [5, 5.41) is 4.09. The van der Waals surface area contributed by atoms with Crippen LogP contribution in [0.25, 0.3) is 0 Å². The molecule has 0 spiro atoms. The van der Waals surface area contributed by atoms with Gasteiger partial charge in [0.25, 0.3) is 0 Å². The van der Waals surface area contributed by atoms with Crippen LogP contribution in [0, 0.1) is 0 Å². The van der Waals surface area contributed by atoms with Gasteiger partial charge < -0.3 is 15.2 Å². The van der Waals surface area contributed by atoms with Gasteiger partial charge >= 0.3 is 0 Å². The van der Waals surface area contributed by atoms with Gasteiger partial charge in [-0.25, -0.2) is 0 Å². The molecule has 0 aliphatic heterocycles. The molecular weight excluding hydrogens is 326 g/mol. The molecule has 1 aromatic heterocycles.